The van der Waals surface area contributed by atoms with E-state index in [2.05, 4.69) is 15.6 Å². The summed E-state index contributed by atoms with van der Waals surface area (Å²) >= 11 is 5.86. The number of nitrogens with zero attached hydrogens (tertiary/aromatic N) is 2. The van der Waals surface area contributed by atoms with E-state index in [0.717, 1.165) is 0 Å². The third-order valence-electron chi connectivity index (χ3n) is 5.88. The zero-order valence-corrected chi connectivity index (χ0v) is 20.4. The summed E-state index contributed by atoms with van der Waals surface area (Å²) in [6, 6.07) is 6.09. The Morgan fingerprint density at radius 3 is 2.74 bits per heavy atom. The van der Waals surface area contributed by atoms with Gasteiger partial charge < -0.3 is 20.3 Å². The Bertz CT molecular complexity index is 1140. The molecule has 1 aliphatic heterocycles. The molecule has 0 radical (unpaired) electrons. The molecule has 1 saturated heterocycles. The molecule has 1 aromatic heterocycles. The summed E-state index contributed by atoms with van der Waals surface area (Å²) in [5, 5.41) is 13.5. The van der Waals surface area contributed by atoms with Crippen molar-refractivity contribution in [2.24, 2.45) is 0 Å². The molecule has 3 N–H and O–H groups in total. The Morgan fingerprint density at radius 1 is 1.31 bits per heavy atom. The van der Waals surface area contributed by atoms with Crippen molar-refractivity contribution < 1.29 is 23.5 Å². The molecule has 0 bridgehead atoms. The zero-order valence-electron chi connectivity index (χ0n) is 19.6. The van der Waals surface area contributed by atoms with Crippen LogP contribution in [-0.4, -0.2) is 65.5 Å². The van der Waals surface area contributed by atoms with Crippen LogP contribution in [0.2, 0.25) is 5.02 Å². The van der Waals surface area contributed by atoms with Gasteiger partial charge in [-0.2, -0.15) is 0 Å². The standard InChI is InChI=1S/C24H27ClFN5O4/c1-13(15-6-4-8-17(25)20(15)26)30-24(34)22-18(35-3)9-11-31(22)19(33)12-29-23-16(7-5-10-28-23)21(27)14(2)32/h4-8,10,13,18,22,27H,9,11-12H2,1-3H3,(H,28,29)(H,30,34)/t13-,18-,22+/m1/s1. The highest BCUT2D eigenvalue weighted by molar-refractivity contribution is 6.45. The average Bonchev–Trinajstić information content (AvgIpc) is 3.28. The quantitative estimate of drug-likeness (QED) is 0.452. The van der Waals surface area contributed by atoms with E-state index in [1.807, 2.05) is 0 Å². The number of amides is 2. The number of likely N-dealkylation sites (tertiary alicyclic amines) is 1. The van der Waals surface area contributed by atoms with Gasteiger partial charge in [0.05, 0.1) is 23.7 Å². The lowest BCUT2D eigenvalue weighted by molar-refractivity contribution is -0.140. The van der Waals surface area contributed by atoms with E-state index in [-0.39, 0.29) is 40.8 Å². The molecule has 0 saturated carbocycles. The number of carbonyl (C=O) groups excluding carboxylic acids is 3. The summed E-state index contributed by atoms with van der Waals surface area (Å²) in [6.07, 6.45) is 1.39. The second kappa shape index (κ2) is 11.4. The molecule has 1 aliphatic rings. The number of methoxy groups -OCH3 is 1. The van der Waals surface area contributed by atoms with Crippen LogP contribution in [0.5, 0.6) is 0 Å². The second-order valence-electron chi connectivity index (χ2n) is 8.15. The predicted octanol–water partition coefficient (Wildman–Crippen LogP) is 2.74. The van der Waals surface area contributed by atoms with E-state index in [0.29, 0.717) is 6.42 Å². The lowest BCUT2D eigenvalue weighted by Crippen LogP contribution is -2.52. The number of ether oxygens (including phenoxy) is 1. The van der Waals surface area contributed by atoms with Crippen LogP contribution in [0.4, 0.5) is 10.2 Å². The summed E-state index contributed by atoms with van der Waals surface area (Å²) in [7, 11) is 1.46. The first-order chi connectivity index (χ1) is 16.6. The maximum Gasteiger partial charge on any atom is 0.245 e. The van der Waals surface area contributed by atoms with Crippen LogP contribution < -0.4 is 10.6 Å². The Balaban J connectivity index is 1.73. The summed E-state index contributed by atoms with van der Waals surface area (Å²) in [6.45, 7) is 2.98. The normalized spacial score (nSPS) is 18.1. The molecule has 35 heavy (non-hydrogen) atoms. The lowest BCUT2D eigenvalue weighted by Gasteiger charge is -2.28. The van der Waals surface area contributed by atoms with E-state index in [1.165, 1.54) is 37.3 Å². The van der Waals surface area contributed by atoms with Crippen LogP contribution in [0, 0.1) is 11.2 Å². The molecule has 0 unspecified atom stereocenters. The van der Waals surface area contributed by atoms with Gasteiger partial charge in [-0.1, -0.05) is 23.7 Å². The Kier molecular flexibility index (Phi) is 8.52. The van der Waals surface area contributed by atoms with E-state index in [9.17, 15) is 18.8 Å². The number of halogens is 2. The SMILES string of the molecule is CO[C@@H]1CCN(C(=O)CNc2ncccc2C(=N)C(C)=O)[C@@H]1C(=O)N[C@H](C)c1cccc(Cl)c1F. The highest BCUT2D eigenvalue weighted by atomic mass is 35.5. The molecule has 0 spiro atoms. The fourth-order valence-corrected chi connectivity index (χ4v) is 4.21. The molecule has 0 aliphatic carbocycles. The van der Waals surface area contributed by atoms with Gasteiger partial charge in [-0.05, 0) is 31.5 Å². The Morgan fingerprint density at radius 2 is 2.06 bits per heavy atom. The molecule has 11 heteroatoms. The Labute approximate surface area is 207 Å². The largest absolute Gasteiger partial charge is 0.379 e. The lowest BCUT2D eigenvalue weighted by atomic mass is 10.1. The van der Waals surface area contributed by atoms with Crippen molar-refractivity contribution in [3.8, 4) is 0 Å². The molecule has 3 atom stereocenters. The zero-order chi connectivity index (χ0) is 25.7. The third-order valence-corrected chi connectivity index (χ3v) is 6.17. The molecule has 1 aromatic carbocycles. The summed E-state index contributed by atoms with van der Waals surface area (Å²) < 4.78 is 19.9. The van der Waals surface area contributed by atoms with Crippen molar-refractivity contribution in [1.82, 2.24) is 15.2 Å². The van der Waals surface area contributed by atoms with E-state index in [1.54, 1.807) is 25.1 Å². The Hall–Kier alpha value is -3.37. The maximum absolute atomic E-state index is 14.4. The number of aromatic nitrogens is 1. The maximum atomic E-state index is 14.4. The van der Waals surface area contributed by atoms with Gasteiger partial charge in [0.1, 0.15) is 23.4 Å². The van der Waals surface area contributed by atoms with Gasteiger partial charge in [0.25, 0.3) is 0 Å². The van der Waals surface area contributed by atoms with Crippen LogP contribution in [0.3, 0.4) is 0 Å². The second-order valence-corrected chi connectivity index (χ2v) is 8.56. The fraction of sp³-hybridized carbons (Fsp3) is 0.375. The number of hydrogen-bond acceptors (Lipinski definition) is 7. The predicted molar refractivity (Wildman–Crippen MR) is 129 cm³/mol. The number of ketones is 1. The van der Waals surface area contributed by atoms with Gasteiger partial charge in [-0.25, -0.2) is 9.37 Å². The van der Waals surface area contributed by atoms with Gasteiger partial charge in [0.15, 0.2) is 5.78 Å². The van der Waals surface area contributed by atoms with Gasteiger partial charge >= 0.3 is 0 Å². The minimum Gasteiger partial charge on any atom is -0.379 e. The highest BCUT2D eigenvalue weighted by Gasteiger charge is 2.42. The van der Waals surface area contributed by atoms with E-state index in [4.69, 9.17) is 21.7 Å². The van der Waals surface area contributed by atoms with Crippen LogP contribution >= 0.6 is 11.6 Å². The van der Waals surface area contributed by atoms with Crippen molar-refractivity contribution >= 4 is 40.7 Å². The van der Waals surface area contributed by atoms with Crippen molar-refractivity contribution in [3.63, 3.8) is 0 Å². The summed E-state index contributed by atoms with van der Waals surface area (Å²) in [5.74, 6) is -1.70. The smallest absolute Gasteiger partial charge is 0.245 e. The van der Waals surface area contributed by atoms with E-state index >= 15 is 0 Å². The van der Waals surface area contributed by atoms with Crippen LogP contribution in [0.1, 0.15) is 37.4 Å². The number of benzene rings is 1. The molecular formula is C24H27ClFN5O4. The molecule has 1 fully saturated rings. The van der Waals surface area contributed by atoms with Gasteiger partial charge in [-0.15, -0.1) is 0 Å². The van der Waals surface area contributed by atoms with Crippen LogP contribution in [0.15, 0.2) is 36.5 Å². The topological polar surface area (TPSA) is 124 Å². The molecule has 9 nitrogen and oxygen atoms in total. The fourth-order valence-electron chi connectivity index (χ4n) is 4.03. The van der Waals surface area contributed by atoms with Gasteiger partial charge in [0.2, 0.25) is 11.8 Å². The van der Waals surface area contributed by atoms with Crippen LogP contribution in [0.25, 0.3) is 0 Å². The minimum atomic E-state index is -0.919. The summed E-state index contributed by atoms with van der Waals surface area (Å²) in [4.78, 5) is 43.4. The monoisotopic (exact) mass is 503 g/mol. The first-order valence-electron chi connectivity index (χ1n) is 11.0. The van der Waals surface area contributed by atoms with Crippen LogP contribution in [-0.2, 0) is 19.1 Å². The van der Waals surface area contributed by atoms with Gasteiger partial charge in [-0.3, -0.25) is 19.8 Å². The number of nitrogens with one attached hydrogen (secondary N) is 3. The minimum absolute atomic E-state index is 0.0474. The van der Waals surface area contributed by atoms with Crippen molar-refractivity contribution in [2.75, 3.05) is 25.5 Å². The number of anilines is 1. The summed E-state index contributed by atoms with van der Waals surface area (Å²) in [5.41, 5.74) is 0.275. The molecule has 2 amide bonds. The molecule has 2 aromatic rings. The van der Waals surface area contributed by atoms with E-state index < -0.39 is 41.6 Å². The number of hydrogen-bond donors (Lipinski definition) is 3. The van der Waals surface area contributed by atoms with Crippen molar-refractivity contribution in [1.29, 1.82) is 5.41 Å². The first-order valence-corrected chi connectivity index (χ1v) is 11.4. The average molecular weight is 504 g/mol. The molecule has 186 valence electrons. The number of pyridine rings is 1. The van der Waals surface area contributed by atoms with Crippen molar-refractivity contribution in [3.05, 3.63) is 58.5 Å². The molecular weight excluding hydrogens is 477 g/mol. The first kappa shape index (κ1) is 26.2. The molecule has 3 rings (SSSR count). The number of carbonyl (C=O) groups is 3. The molecule has 2 heterocycles. The number of rotatable bonds is 9. The van der Waals surface area contributed by atoms with Gasteiger partial charge in [0, 0.05) is 37.9 Å². The number of Topliss-reactive ketones (excluding diaryl/α,β-unsaturated/α-hetero) is 1. The van der Waals surface area contributed by atoms with Crippen molar-refractivity contribution in [2.45, 2.75) is 38.5 Å². The highest BCUT2D eigenvalue weighted by Crippen LogP contribution is 2.26. The third kappa shape index (κ3) is 5.83.